The molecule has 1 amide bonds. The van der Waals surface area contributed by atoms with E-state index in [0.29, 0.717) is 12.0 Å². The maximum atomic E-state index is 12.4. The van der Waals surface area contributed by atoms with Crippen LogP contribution in [-0.2, 0) is 4.79 Å². The molecule has 0 spiro atoms. The number of ether oxygens (including phenoxy) is 1. The number of hydrogen-bond donors (Lipinski definition) is 1. The van der Waals surface area contributed by atoms with Gasteiger partial charge in [-0.15, -0.1) is 0 Å². The van der Waals surface area contributed by atoms with Crippen LogP contribution in [0.5, 0.6) is 5.75 Å². The van der Waals surface area contributed by atoms with E-state index in [1.54, 1.807) is 25.2 Å². The zero-order valence-corrected chi connectivity index (χ0v) is 10.8. The maximum Gasteiger partial charge on any atom is 0.387 e. The van der Waals surface area contributed by atoms with Crippen molar-refractivity contribution in [3.8, 4) is 5.75 Å². The second-order valence-electron chi connectivity index (χ2n) is 4.40. The van der Waals surface area contributed by atoms with E-state index in [9.17, 15) is 13.6 Å². The fourth-order valence-corrected chi connectivity index (χ4v) is 2.25. The third-order valence-corrected chi connectivity index (χ3v) is 3.23. The molecule has 1 fully saturated rings. The molecule has 1 aromatic rings. The molecule has 0 aromatic heterocycles. The van der Waals surface area contributed by atoms with Crippen molar-refractivity contribution in [3.63, 3.8) is 0 Å². The summed E-state index contributed by atoms with van der Waals surface area (Å²) in [5.74, 6) is 0.0470. The second-order valence-corrected chi connectivity index (χ2v) is 4.40. The zero-order valence-electron chi connectivity index (χ0n) is 10.8. The fourth-order valence-electron chi connectivity index (χ4n) is 2.25. The highest BCUT2D eigenvalue weighted by molar-refractivity contribution is 5.84. The lowest BCUT2D eigenvalue weighted by molar-refractivity contribution is -0.128. The van der Waals surface area contributed by atoms with Crippen molar-refractivity contribution in [1.82, 2.24) is 10.2 Å². The molecule has 4 nitrogen and oxygen atoms in total. The molecule has 6 heteroatoms. The number of halogens is 2. The highest BCUT2D eigenvalue weighted by Gasteiger charge is 2.37. The first-order valence-electron chi connectivity index (χ1n) is 6.11. The summed E-state index contributed by atoms with van der Waals surface area (Å²) in [6.45, 7) is -0.988. The molecule has 0 aliphatic carbocycles. The van der Waals surface area contributed by atoms with E-state index in [4.69, 9.17) is 0 Å². The number of benzene rings is 1. The molecule has 2 atom stereocenters. The molecular formula is C13H16F2N2O2. The van der Waals surface area contributed by atoms with E-state index in [-0.39, 0.29) is 17.7 Å². The standard InChI is InChI=1S/C13H16F2N2O2/c1-3-9-12(18)17(2)11(16-9)8-6-4-5-7-10(8)19-13(14)15/h4-7,9,11,13,16H,3H2,1-2H3. The highest BCUT2D eigenvalue weighted by atomic mass is 19.3. The molecule has 2 rings (SSSR count). The van der Waals surface area contributed by atoms with Gasteiger partial charge in [-0.25, -0.2) is 0 Å². The summed E-state index contributed by atoms with van der Waals surface area (Å²) in [5.41, 5.74) is 0.537. The van der Waals surface area contributed by atoms with Gasteiger partial charge in [0.2, 0.25) is 5.91 Å². The van der Waals surface area contributed by atoms with Gasteiger partial charge < -0.3 is 9.64 Å². The van der Waals surface area contributed by atoms with E-state index in [2.05, 4.69) is 10.1 Å². The maximum absolute atomic E-state index is 12.4. The Bertz CT molecular complexity index is 468. The Morgan fingerprint density at radius 1 is 1.42 bits per heavy atom. The summed E-state index contributed by atoms with van der Waals surface area (Å²) in [6.07, 6.45) is 0.213. The van der Waals surface area contributed by atoms with Gasteiger partial charge in [0.05, 0.1) is 6.04 Å². The monoisotopic (exact) mass is 270 g/mol. The van der Waals surface area contributed by atoms with Crippen LogP contribution in [0.3, 0.4) is 0 Å². The first-order chi connectivity index (χ1) is 9.04. The lowest BCUT2D eigenvalue weighted by Crippen LogP contribution is -2.27. The number of hydrogen-bond acceptors (Lipinski definition) is 3. The molecule has 0 bridgehead atoms. The van der Waals surface area contributed by atoms with Crippen molar-refractivity contribution in [3.05, 3.63) is 29.8 Å². The molecule has 2 unspecified atom stereocenters. The van der Waals surface area contributed by atoms with Gasteiger partial charge in [0.1, 0.15) is 11.9 Å². The molecule has 1 heterocycles. The van der Waals surface area contributed by atoms with Gasteiger partial charge in [-0.3, -0.25) is 10.1 Å². The number of carbonyl (C=O) groups is 1. The summed E-state index contributed by atoms with van der Waals surface area (Å²) in [6, 6.07) is 6.22. The summed E-state index contributed by atoms with van der Waals surface area (Å²) in [5, 5.41) is 3.12. The fraction of sp³-hybridized carbons (Fsp3) is 0.462. The van der Waals surface area contributed by atoms with E-state index >= 15 is 0 Å². The van der Waals surface area contributed by atoms with Crippen LogP contribution in [0.4, 0.5) is 8.78 Å². The van der Waals surface area contributed by atoms with E-state index in [0.717, 1.165) is 0 Å². The van der Waals surface area contributed by atoms with Gasteiger partial charge in [0, 0.05) is 12.6 Å². The zero-order chi connectivity index (χ0) is 14.0. The third kappa shape index (κ3) is 2.68. The number of likely N-dealkylation sites (N-methyl/N-ethyl adjacent to an activating group) is 1. The van der Waals surface area contributed by atoms with Gasteiger partial charge in [-0.05, 0) is 12.5 Å². The number of nitrogens with zero attached hydrogens (tertiary/aromatic N) is 1. The van der Waals surface area contributed by atoms with Crippen LogP contribution in [0.25, 0.3) is 0 Å². The van der Waals surface area contributed by atoms with E-state index in [1.807, 2.05) is 6.92 Å². The molecule has 1 aromatic carbocycles. The normalized spacial score (nSPS) is 23.2. The Balaban J connectivity index is 2.29. The summed E-state index contributed by atoms with van der Waals surface area (Å²) in [4.78, 5) is 13.4. The van der Waals surface area contributed by atoms with Crippen LogP contribution in [0.15, 0.2) is 24.3 Å². The minimum atomic E-state index is -2.88. The van der Waals surface area contributed by atoms with Crippen LogP contribution in [0, 0.1) is 0 Å². The Hall–Kier alpha value is -1.69. The lowest BCUT2D eigenvalue weighted by Gasteiger charge is -2.22. The van der Waals surface area contributed by atoms with Gasteiger partial charge >= 0.3 is 6.61 Å². The van der Waals surface area contributed by atoms with Crippen molar-refractivity contribution in [2.24, 2.45) is 0 Å². The largest absolute Gasteiger partial charge is 0.434 e. The molecule has 1 N–H and O–H groups in total. The quantitative estimate of drug-likeness (QED) is 0.911. The average Bonchev–Trinajstić information content (AvgIpc) is 2.66. The Kier molecular flexibility index (Phi) is 3.99. The molecule has 1 aliphatic rings. The SMILES string of the molecule is CCC1NC(c2ccccc2OC(F)F)N(C)C1=O. The Morgan fingerprint density at radius 2 is 2.11 bits per heavy atom. The van der Waals surface area contributed by atoms with Crippen molar-refractivity contribution < 1.29 is 18.3 Å². The van der Waals surface area contributed by atoms with Crippen LogP contribution in [0.2, 0.25) is 0 Å². The Labute approximate surface area is 110 Å². The predicted molar refractivity (Wildman–Crippen MR) is 65.8 cm³/mol. The molecule has 1 saturated heterocycles. The summed E-state index contributed by atoms with van der Waals surface area (Å²) < 4.78 is 29.3. The van der Waals surface area contributed by atoms with Crippen molar-refractivity contribution >= 4 is 5.91 Å². The number of amides is 1. The smallest absolute Gasteiger partial charge is 0.387 e. The number of para-hydroxylation sites is 1. The summed E-state index contributed by atoms with van der Waals surface area (Å²) in [7, 11) is 1.65. The van der Waals surface area contributed by atoms with Crippen molar-refractivity contribution in [2.45, 2.75) is 32.2 Å². The van der Waals surface area contributed by atoms with Crippen LogP contribution in [-0.4, -0.2) is 30.5 Å². The predicted octanol–water partition coefficient (Wildman–Crippen LogP) is 2.13. The first kappa shape index (κ1) is 13.7. The van der Waals surface area contributed by atoms with Gasteiger partial charge in [0.25, 0.3) is 0 Å². The Morgan fingerprint density at radius 3 is 2.68 bits per heavy atom. The molecule has 0 saturated carbocycles. The van der Waals surface area contributed by atoms with Crippen LogP contribution >= 0.6 is 0 Å². The second kappa shape index (κ2) is 5.52. The van der Waals surface area contributed by atoms with Gasteiger partial charge in [0.15, 0.2) is 0 Å². The van der Waals surface area contributed by atoms with Gasteiger partial charge in [-0.1, -0.05) is 25.1 Å². The molecule has 0 radical (unpaired) electrons. The van der Waals surface area contributed by atoms with Gasteiger partial charge in [-0.2, -0.15) is 8.78 Å². The topological polar surface area (TPSA) is 41.6 Å². The number of alkyl halides is 2. The van der Waals surface area contributed by atoms with E-state index < -0.39 is 12.8 Å². The average molecular weight is 270 g/mol. The van der Waals surface area contributed by atoms with Crippen LogP contribution in [0.1, 0.15) is 25.1 Å². The van der Waals surface area contributed by atoms with Crippen molar-refractivity contribution in [1.29, 1.82) is 0 Å². The molecule has 19 heavy (non-hydrogen) atoms. The third-order valence-electron chi connectivity index (χ3n) is 3.23. The molecule has 1 aliphatic heterocycles. The minimum Gasteiger partial charge on any atom is -0.434 e. The van der Waals surface area contributed by atoms with Crippen LogP contribution < -0.4 is 10.1 Å². The minimum absolute atomic E-state index is 0.0423. The van der Waals surface area contributed by atoms with E-state index in [1.165, 1.54) is 11.0 Å². The lowest BCUT2D eigenvalue weighted by atomic mass is 10.1. The summed E-state index contributed by atoms with van der Waals surface area (Å²) >= 11 is 0. The van der Waals surface area contributed by atoms with Crippen molar-refractivity contribution in [2.75, 3.05) is 7.05 Å². The highest BCUT2D eigenvalue weighted by Crippen LogP contribution is 2.32. The number of carbonyl (C=O) groups excluding carboxylic acids is 1. The molecule has 104 valence electrons. The number of rotatable bonds is 4. The first-order valence-corrected chi connectivity index (χ1v) is 6.11. The molecular weight excluding hydrogens is 254 g/mol. The number of nitrogens with one attached hydrogen (secondary N) is 1.